The van der Waals surface area contributed by atoms with Gasteiger partial charge in [0, 0.05) is 12.6 Å². The Bertz CT molecular complexity index is 198. The molecule has 14 heavy (non-hydrogen) atoms. The summed E-state index contributed by atoms with van der Waals surface area (Å²) in [4.78, 5) is 11.2. The van der Waals surface area contributed by atoms with Gasteiger partial charge in [-0.1, -0.05) is 20.3 Å². The minimum absolute atomic E-state index is 0.0263. The highest BCUT2D eigenvalue weighted by atomic mass is 16.2. The standard InChI is InChI=1S/C10H19N3O/c1-3-5-8-12-10(14)13-9(4-2)6-7-11/h9H,3-6,8H2,1-2H3,(H2,12,13,14). The number of carbonyl (C=O) groups excluding carboxylic acids is 1. The Morgan fingerprint density at radius 2 is 2.21 bits per heavy atom. The van der Waals surface area contributed by atoms with E-state index in [1.54, 1.807) is 0 Å². The fraction of sp³-hybridized carbons (Fsp3) is 0.800. The zero-order valence-electron chi connectivity index (χ0n) is 8.97. The molecule has 0 saturated carbocycles. The average molecular weight is 197 g/mol. The number of unbranched alkanes of at least 4 members (excludes halogenated alkanes) is 1. The van der Waals surface area contributed by atoms with E-state index >= 15 is 0 Å². The second-order valence-corrected chi connectivity index (χ2v) is 3.22. The first-order valence-corrected chi connectivity index (χ1v) is 5.15. The minimum Gasteiger partial charge on any atom is -0.338 e. The van der Waals surface area contributed by atoms with Crippen molar-refractivity contribution in [2.75, 3.05) is 6.54 Å². The maximum absolute atomic E-state index is 11.2. The number of amides is 2. The van der Waals surface area contributed by atoms with Gasteiger partial charge >= 0.3 is 6.03 Å². The predicted octanol–water partition coefficient (Wildman–Crippen LogP) is 1.78. The monoisotopic (exact) mass is 197 g/mol. The summed E-state index contributed by atoms with van der Waals surface area (Å²) < 4.78 is 0. The number of hydrogen-bond donors (Lipinski definition) is 2. The molecule has 1 atom stereocenters. The van der Waals surface area contributed by atoms with E-state index in [1.165, 1.54) is 0 Å². The SMILES string of the molecule is CCCCNC(=O)NC(CC)CC#N. The van der Waals surface area contributed by atoms with Gasteiger partial charge in [-0.05, 0) is 12.8 Å². The predicted molar refractivity (Wildman–Crippen MR) is 55.8 cm³/mol. The number of nitriles is 1. The number of nitrogens with zero attached hydrogens (tertiary/aromatic N) is 1. The average Bonchev–Trinajstić information content (AvgIpc) is 2.17. The topological polar surface area (TPSA) is 64.9 Å². The molecule has 0 aliphatic carbocycles. The molecule has 0 fully saturated rings. The van der Waals surface area contributed by atoms with Crippen molar-refractivity contribution in [2.24, 2.45) is 0 Å². The van der Waals surface area contributed by atoms with Crippen molar-refractivity contribution in [1.29, 1.82) is 5.26 Å². The summed E-state index contributed by atoms with van der Waals surface area (Å²) in [6, 6.07) is 1.86. The highest BCUT2D eigenvalue weighted by molar-refractivity contribution is 5.74. The lowest BCUT2D eigenvalue weighted by Gasteiger charge is -2.13. The highest BCUT2D eigenvalue weighted by Gasteiger charge is 2.08. The van der Waals surface area contributed by atoms with Crippen LogP contribution >= 0.6 is 0 Å². The van der Waals surface area contributed by atoms with Gasteiger partial charge < -0.3 is 10.6 Å². The Hall–Kier alpha value is -1.24. The van der Waals surface area contributed by atoms with Crippen LogP contribution in [-0.4, -0.2) is 18.6 Å². The van der Waals surface area contributed by atoms with E-state index in [4.69, 9.17) is 5.26 Å². The van der Waals surface area contributed by atoms with Crippen LogP contribution in [0.5, 0.6) is 0 Å². The molecule has 0 aliphatic rings. The first-order valence-electron chi connectivity index (χ1n) is 5.15. The van der Waals surface area contributed by atoms with Crippen molar-refractivity contribution in [3.05, 3.63) is 0 Å². The van der Waals surface area contributed by atoms with Crippen LogP contribution in [0.4, 0.5) is 4.79 Å². The smallest absolute Gasteiger partial charge is 0.315 e. The fourth-order valence-corrected chi connectivity index (χ4v) is 1.02. The first-order chi connectivity index (χ1) is 6.74. The molecule has 0 aromatic carbocycles. The van der Waals surface area contributed by atoms with E-state index in [1.807, 2.05) is 13.0 Å². The van der Waals surface area contributed by atoms with Gasteiger partial charge in [0.15, 0.2) is 0 Å². The van der Waals surface area contributed by atoms with Gasteiger partial charge in [0.2, 0.25) is 0 Å². The van der Waals surface area contributed by atoms with Crippen LogP contribution in [0.2, 0.25) is 0 Å². The van der Waals surface area contributed by atoms with Crippen LogP contribution < -0.4 is 10.6 Å². The van der Waals surface area contributed by atoms with Gasteiger partial charge in [-0.25, -0.2) is 4.79 Å². The van der Waals surface area contributed by atoms with Gasteiger partial charge in [0.25, 0.3) is 0 Å². The van der Waals surface area contributed by atoms with Crippen molar-refractivity contribution in [3.63, 3.8) is 0 Å². The molecule has 4 heteroatoms. The largest absolute Gasteiger partial charge is 0.338 e. The Morgan fingerprint density at radius 1 is 1.50 bits per heavy atom. The normalized spacial score (nSPS) is 11.5. The molecule has 0 bridgehead atoms. The third kappa shape index (κ3) is 6.30. The molecule has 0 aliphatic heterocycles. The summed E-state index contributed by atoms with van der Waals surface area (Å²) in [5, 5.41) is 14.0. The summed E-state index contributed by atoms with van der Waals surface area (Å²) in [6.45, 7) is 4.73. The van der Waals surface area contributed by atoms with Crippen LogP contribution in [-0.2, 0) is 0 Å². The Balaban J connectivity index is 3.63. The van der Waals surface area contributed by atoms with Crippen molar-refractivity contribution < 1.29 is 4.79 Å². The first kappa shape index (κ1) is 12.8. The second kappa shape index (κ2) is 8.36. The van der Waals surface area contributed by atoms with Crippen molar-refractivity contribution >= 4 is 6.03 Å². The number of urea groups is 1. The van der Waals surface area contributed by atoms with E-state index in [-0.39, 0.29) is 12.1 Å². The number of carbonyl (C=O) groups is 1. The molecule has 0 heterocycles. The lowest BCUT2D eigenvalue weighted by atomic mass is 10.2. The third-order valence-corrected chi connectivity index (χ3v) is 1.98. The Morgan fingerprint density at radius 3 is 2.71 bits per heavy atom. The molecule has 0 aromatic rings. The minimum atomic E-state index is -0.166. The number of rotatable bonds is 6. The molecule has 0 aromatic heterocycles. The van der Waals surface area contributed by atoms with Gasteiger partial charge in [-0.2, -0.15) is 5.26 Å². The summed E-state index contributed by atoms with van der Waals surface area (Å²) in [5.74, 6) is 0. The molecule has 0 rings (SSSR count). The van der Waals surface area contributed by atoms with Gasteiger partial charge in [-0.3, -0.25) is 0 Å². The molecule has 2 N–H and O–H groups in total. The molecule has 80 valence electrons. The highest BCUT2D eigenvalue weighted by Crippen LogP contribution is 1.95. The maximum Gasteiger partial charge on any atom is 0.315 e. The van der Waals surface area contributed by atoms with Crippen molar-refractivity contribution in [3.8, 4) is 6.07 Å². The molecule has 0 radical (unpaired) electrons. The molecular formula is C10H19N3O. The van der Waals surface area contributed by atoms with Crippen molar-refractivity contribution in [2.45, 2.75) is 45.6 Å². The fourth-order valence-electron chi connectivity index (χ4n) is 1.02. The van der Waals surface area contributed by atoms with E-state index in [9.17, 15) is 4.79 Å². The zero-order chi connectivity index (χ0) is 10.8. The second-order valence-electron chi connectivity index (χ2n) is 3.22. The van der Waals surface area contributed by atoms with E-state index < -0.39 is 0 Å². The summed E-state index contributed by atoms with van der Waals surface area (Å²) in [7, 11) is 0. The Kier molecular flexibility index (Phi) is 7.62. The third-order valence-electron chi connectivity index (χ3n) is 1.98. The zero-order valence-corrected chi connectivity index (χ0v) is 8.97. The number of hydrogen-bond acceptors (Lipinski definition) is 2. The maximum atomic E-state index is 11.2. The summed E-state index contributed by atoms with van der Waals surface area (Å²) >= 11 is 0. The van der Waals surface area contributed by atoms with Crippen LogP contribution in [0, 0.1) is 11.3 Å². The van der Waals surface area contributed by atoms with Crippen molar-refractivity contribution in [1.82, 2.24) is 10.6 Å². The lowest BCUT2D eigenvalue weighted by Crippen LogP contribution is -2.42. The van der Waals surface area contributed by atoms with Gasteiger partial charge in [-0.15, -0.1) is 0 Å². The van der Waals surface area contributed by atoms with Gasteiger partial charge in [0.1, 0.15) is 0 Å². The van der Waals surface area contributed by atoms with Crippen LogP contribution in [0.1, 0.15) is 39.5 Å². The van der Waals surface area contributed by atoms with Gasteiger partial charge in [0.05, 0.1) is 12.5 Å². The quantitative estimate of drug-likeness (QED) is 0.637. The molecule has 2 amide bonds. The summed E-state index contributed by atoms with van der Waals surface area (Å²) in [6.07, 6.45) is 3.21. The molecule has 4 nitrogen and oxygen atoms in total. The van der Waals surface area contributed by atoms with E-state index in [0.29, 0.717) is 13.0 Å². The van der Waals surface area contributed by atoms with E-state index in [2.05, 4.69) is 17.6 Å². The van der Waals surface area contributed by atoms with E-state index in [0.717, 1.165) is 19.3 Å². The van der Waals surface area contributed by atoms with Crippen LogP contribution in [0.15, 0.2) is 0 Å². The van der Waals surface area contributed by atoms with Crippen LogP contribution in [0.25, 0.3) is 0 Å². The number of nitrogens with one attached hydrogen (secondary N) is 2. The van der Waals surface area contributed by atoms with Crippen LogP contribution in [0.3, 0.4) is 0 Å². The molecular weight excluding hydrogens is 178 g/mol. The molecule has 0 saturated heterocycles. The summed E-state index contributed by atoms with van der Waals surface area (Å²) in [5.41, 5.74) is 0. The lowest BCUT2D eigenvalue weighted by molar-refractivity contribution is 0.236. The molecule has 1 unspecified atom stereocenters. The molecule has 0 spiro atoms. The Labute approximate surface area is 85.7 Å².